The Morgan fingerprint density at radius 3 is 2.31 bits per heavy atom. The molecule has 2 atom stereocenters. The second kappa shape index (κ2) is 9.34. The van der Waals surface area contributed by atoms with Gasteiger partial charge in [-0.3, -0.25) is 4.57 Å². The standard InChI is InChI=1S/C25H28FN5O2SSi/c1-25(2,3)35(17-10-6-4-7-11-17,18-12-8-5-9-13-18)32-14-20-33-19(15-34-20)31-16-28-21-22(27)29-24(26)30-23(21)31/h4-13,16,19-20H,14-15H2,1-3H3,(H2,27,29,30)/t19-,20-/m1/s1. The minimum Gasteiger partial charge on any atom is -0.404 e. The quantitative estimate of drug-likeness (QED) is 0.313. The normalized spacial score (nSPS) is 18.9. The lowest BCUT2D eigenvalue weighted by Gasteiger charge is -2.43. The summed E-state index contributed by atoms with van der Waals surface area (Å²) in [5.74, 6) is 0.676. The first kappa shape index (κ1) is 23.9. The Kier molecular flexibility index (Phi) is 6.39. The third-order valence-corrected chi connectivity index (χ3v) is 12.4. The van der Waals surface area contributed by atoms with Gasteiger partial charge in [0, 0.05) is 5.75 Å². The number of nitrogens with zero attached hydrogens (tertiary/aromatic N) is 4. The summed E-state index contributed by atoms with van der Waals surface area (Å²) in [7, 11) is -2.66. The molecule has 0 amide bonds. The molecule has 10 heteroatoms. The van der Waals surface area contributed by atoms with Gasteiger partial charge in [-0.2, -0.15) is 14.4 Å². The Labute approximate surface area is 209 Å². The molecule has 2 aromatic carbocycles. The summed E-state index contributed by atoms with van der Waals surface area (Å²) in [6.07, 6.45) is 0.339. The molecular weight excluding hydrogens is 481 g/mol. The Morgan fingerprint density at radius 1 is 1.09 bits per heavy atom. The minimum absolute atomic E-state index is 0.0171. The summed E-state index contributed by atoms with van der Waals surface area (Å²) in [5.41, 5.74) is 6.32. The number of aromatic nitrogens is 4. The number of hydrogen-bond acceptors (Lipinski definition) is 7. The van der Waals surface area contributed by atoms with Gasteiger partial charge in [0.15, 0.2) is 17.0 Å². The molecule has 182 valence electrons. The van der Waals surface area contributed by atoms with Crippen molar-refractivity contribution in [3.63, 3.8) is 0 Å². The van der Waals surface area contributed by atoms with Crippen molar-refractivity contribution in [2.24, 2.45) is 0 Å². The van der Waals surface area contributed by atoms with E-state index in [1.54, 1.807) is 22.7 Å². The summed E-state index contributed by atoms with van der Waals surface area (Å²) in [6.45, 7) is 7.18. The van der Waals surface area contributed by atoms with Crippen LogP contribution in [0.25, 0.3) is 11.2 Å². The van der Waals surface area contributed by atoms with Crippen molar-refractivity contribution in [3.8, 4) is 0 Å². The van der Waals surface area contributed by atoms with E-state index in [2.05, 4.69) is 84.3 Å². The number of thioether (sulfide) groups is 1. The van der Waals surface area contributed by atoms with Crippen LogP contribution in [0.3, 0.4) is 0 Å². The van der Waals surface area contributed by atoms with E-state index in [9.17, 15) is 4.39 Å². The van der Waals surface area contributed by atoms with Crippen molar-refractivity contribution < 1.29 is 13.6 Å². The first-order valence-electron chi connectivity index (χ1n) is 11.5. The largest absolute Gasteiger partial charge is 0.404 e. The molecule has 5 rings (SSSR count). The van der Waals surface area contributed by atoms with Crippen LogP contribution in [0.5, 0.6) is 0 Å². The third kappa shape index (κ3) is 4.35. The lowest BCUT2D eigenvalue weighted by molar-refractivity contribution is 0.000952. The molecule has 0 saturated carbocycles. The maximum absolute atomic E-state index is 13.8. The molecule has 0 radical (unpaired) electrons. The molecule has 0 unspecified atom stereocenters. The number of ether oxygens (including phenoxy) is 1. The highest BCUT2D eigenvalue weighted by atomic mass is 32.2. The second-order valence-electron chi connectivity index (χ2n) is 9.53. The van der Waals surface area contributed by atoms with Crippen molar-refractivity contribution >= 4 is 47.4 Å². The zero-order chi connectivity index (χ0) is 24.6. The first-order chi connectivity index (χ1) is 16.8. The summed E-state index contributed by atoms with van der Waals surface area (Å²) in [6, 6.07) is 21.0. The number of anilines is 1. The van der Waals surface area contributed by atoms with Crippen LogP contribution in [0.2, 0.25) is 5.04 Å². The van der Waals surface area contributed by atoms with Crippen LogP contribution in [0.15, 0.2) is 67.0 Å². The molecular formula is C25H28FN5O2SSi. The minimum atomic E-state index is -2.66. The van der Waals surface area contributed by atoms with Crippen LogP contribution in [0.4, 0.5) is 10.2 Å². The smallest absolute Gasteiger partial charge is 0.312 e. The van der Waals surface area contributed by atoms with Crippen molar-refractivity contribution in [2.45, 2.75) is 37.5 Å². The fourth-order valence-electron chi connectivity index (χ4n) is 4.75. The Hall–Kier alpha value is -2.79. The van der Waals surface area contributed by atoms with E-state index < -0.39 is 14.4 Å². The summed E-state index contributed by atoms with van der Waals surface area (Å²) in [5, 5.41) is 2.33. The molecule has 2 N–H and O–H groups in total. The van der Waals surface area contributed by atoms with Gasteiger partial charge in [-0.1, -0.05) is 81.4 Å². The van der Waals surface area contributed by atoms with Crippen molar-refractivity contribution in [1.82, 2.24) is 19.5 Å². The van der Waals surface area contributed by atoms with Crippen LogP contribution in [0, 0.1) is 6.08 Å². The fraction of sp³-hybridized carbons (Fsp3) is 0.320. The van der Waals surface area contributed by atoms with E-state index in [-0.39, 0.29) is 22.5 Å². The van der Waals surface area contributed by atoms with Gasteiger partial charge >= 0.3 is 6.08 Å². The Balaban J connectivity index is 1.42. The third-order valence-electron chi connectivity index (χ3n) is 6.32. The van der Waals surface area contributed by atoms with E-state index in [1.807, 2.05) is 12.1 Å². The van der Waals surface area contributed by atoms with Crippen LogP contribution in [-0.2, 0) is 9.16 Å². The molecule has 1 fully saturated rings. The highest BCUT2D eigenvalue weighted by Gasteiger charge is 2.50. The van der Waals surface area contributed by atoms with Crippen LogP contribution >= 0.6 is 11.8 Å². The zero-order valence-electron chi connectivity index (χ0n) is 19.9. The first-order valence-corrected chi connectivity index (χ1v) is 14.4. The van der Waals surface area contributed by atoms with Crippen LogP contribution < -0.4 is 16.1 Å². The van der Waals surface area contributed by atoms with Crippen molar-refractivity contribution in [3.05, 3.63) is 73.1 Å². The monoisotopic (exact) mass is 509 g/mol. The molecule has 0 bridgehead atoms. The van der Waals surface area contributed by atoms with Crippen molar-refractivity contribution in [1.29, 1.82) is 0 Å². The lowest BCUT2D eigenvalue weighted by atomic mass is 10.2. The second-order valence-corrected chi connectivity index (χ2v) is 15.0. The lowest BCUT2D eigenvalue weighted by Crippen LogP contribution is -2.67. The predicted octanol–water partition coefficient (Wildman–Crippen LogP) is 3.71. The molecule has 3 heterocycles. The maximum atomic E-state index is 13.8. The highest BCUT2D eigenvalue weighted by Crippen LogP contribution is 2.39. The molecule has 4 aromatic rings. The molecule has 35 heavy (non-hydrogen) atoms. The summed E-state index contributed by atoms with van der Waals surface area (Å²) in [4.78, 5) is 11.7. The van der Waals surface area contributed by atoms with Crippen LogP contribution in [0.1, 0.15) is 27.0 Å². The van der Waals surface area contributed by atoms with Gasteiger partial charge in [-0.05, 0) is 15.4 Å². The van der Waals surface area contributed by atoms with E-state index in [4.69, 9.17) is 14.9 Å². The number of benzene rings is 2. The number of hydrogen-bond donors (Lipinski definition) is 1. The molecule has 2 aromatic heterocycles. The Bertz CT molecular complexity index is 1280. The number of rotatable bonds is 6. The van der Waals surface area contributed by atoms with Crippen molar-refractivity contribution in [2.75, 3.05) is 18.1 Å². The fourth-order valence-corrected chi connectivity index (χ4v) is 10.4. The number of fused-ring (bicyclic) bond motifs is 1. The molecule has 1 saturated heterocycles. The number of imidazole rings is 1. The number of halogens is 1. The van der Waals surface area contributed by atoms with E-state index >= 15 is 0 Å². The zero-order valence-corrected chi connectivity index (χ0v) is 21.7. The van der Waals surface area contributed by atoms with Gasteiger partial charge in [-0.25, -0.2) is 4.98 Å². The van der Waals surface area contributed by atoms with Gasteiger partial charge in [0.2, 0.25) is 0 Å². The average molecular weight is 510 g/mol. The van der Waals surface area contributed by atoms with Gasteiger partial charge < -0.3 is 14.9 Å². The SMILES string of the molecule is CC(C)(C)[Si](OC[C@@H]1O[C@@H](n2cnc3c(N)nc(F)nc32)CS1)(c1ccccc1)c1ccccc1. The maximum Gasteiger partial charge on any atom is 0.312 e. The average Bonchev–Trinajstić information content (AvgIpc) is 3.47. The van der Waals surface area contributed by atoms with Crippen LogP contribution in [-0.4, -0.2) is 45.6 Å². The molecule has 1 aliphatic rings. The number of nitrogens with two attached hydrogens (primary N) is 1. The van der Waals surface area contributed by atoms with Gasteiger partial charge in [0.1, 0.15) is 11.7 Å². The molecule has 7 nitrogen and oxygen atoms in total. The molecule has 1 aliphatic heterocycles. The number of nitrogen functional groups attached to an aromatic ring is 1. The predicted molar refractivity (Wildman–Crippen MR) is 140 cm³/mol. The van der Waals surface area contributed by atoms with E-state index in [0.29, 0.717) is 23.5 Å². The van der Waals surface area contributed by atoms with E-state index in [1.165, 1.54) is 10.4 Å². The topological polar surface area (TPSA) is 88.1 Å². The Morgan fingerprint density at radius 2 is 1.71 bits per heavy atom. The highest BCUT2D eigenvalue weighted by molar-refractivity contribution is 8.00. The van der Waals surface area contributed by atoms with E-state index in [0.717, 1.165) is 0 Å². The summed E-state index contributed by atoms with van der Waals surface area (Å²) < 4.78 is 28.9. The summed E-state index contributed by atoms with van der Waals surface area (Å²) >= 11 is 1.67. The van der Waals surface area contributed by atoms with Gasteiger partial charge in [0.05, 0.1) is 12.9 Å². The van der Waals surface area contributed by atoms with Gasteiger partial charge in [-0.15, -0.1) is 11.8 Å². The van der Waals surface area contributed by atoms with Gasteiger partial charge in [0.25, 0.3) is 8.32 Å². The molecule has 0 aliphatic carbocycles. The molecule has 0 spiro atoms.